The number of hydrogen-bond acceptors (Lipinski definition) is 3. The van der Waals surface area contributed by atoms with Gasteiger partial charge in [-0.15, -0.1) is 0 Å². The molecule has 0 radical (unpaired) electrons. The number of hydrogen-bond donors (Lipinski definition) is 0. The molecular formula is C18H32INO2. The Morgan fingerprint density at radius 1 is 1.09 bits per heavy atom. The summed E-state index contributed by atoms with van der Waals surface area (Å²) in [7, 11) is 1.45. The number of carbonyl (C=O) groups is 1. The van der Waals surface area contributed by atoms with Crippen LogP contribution >= 0.6 is 22.6 Å². The van der Waals surface area contributed by atoms with Crippen LogP contribution in [-0.4, -0.2) is 17.0 Å². The van der Waals surface area contributed by atoms with Crippen molar-refractivity contribution in [3.8, 4) is 6.07 Å². The summed E-state index contributed by atoms with van der Waals surface area (Å²) in [6.45, 7) is 2.18. The van der Waals surface area contributed by atoms with Crippen molar-refractivity contribution in [3.63, 3.8) is 0 Å². The SMILES string of the molecule is CCCCC(C#N)CC(I)CCCCCCCCC(=O)OC. The highest BCUT2D eigenvalue weighted by molar-refractivity contribution is 14.1. The summed E-state index contributed by atoms with van der Waals surface area (Å²) >= 11 is 2.52. The van der Waals surface area contributed by atoms with Crippen molar-refractivity contribution in [2.24, 2.45) is 5.92 Å². The maximum absolute atomic E-state index is 11.0. The smallest absolute Gasteiger partial charge is 0.305 e. The van der Waals surface area contributed by atoms with E-state index in [-0.39, 0.29) is 11.9 Å². The summed E-state index contributed by atoms with van der Waals surface area (Å²) in [5.41, 5.74) is 0. The van der Waals surface area contributed by atoms with Gasteiger partial charge in [-0.2, -0.15) is 5.26 Å². The second-order valence-corrected chi connectivity index (χ2v) is 7.80. The van der Waals surface area contributed by atoms with Gasteiger partial charge in [0.2, 0.25) is 0 Å². The molecule has 0 aliphatic heterocycles. The van der Waals surface area contributed by atoms with Crippen LogP contribution in [0.2, 0.25) is 0 Å². The van der Waals surface area contributed by atoms with Gasteiger partial charge in [-0.05, 0) is 25.7 Å². The second kappa shape index (κ2) is 15.6. The Hall–Kier alpha value is -0.310. The van der Waals surface area contributed by atoms with Gasteiger partial charge in [-0.25, -0.2) is 0 Å². The highest BCUT2D eigenvalue weighted by atomic mass is 127. The molecule has 0 aromatic carbocycles. The van der Waals surface area contributed by atoms with Gasteiger partial charge in [0.05, 0.1) is 13.2 Å². The van der Waals surface area contributed by atoms with Crippen molar-refractivity contribution in [2.75, 3.05) is 7.11 Å². The number of methoxy groups -OCH3 is 1. The van der Waals surface area contributed by atoms with Gasteiger partial charge in [0.15, 0.2) is 0 Å². The molecule has 4 heteroatoms. The standard InChI is InChI=1S/C18H32INO2/c1-3-4-11-16(15-20)14-17(19)12-9-7-5-6-8-10-13-18(21)22-2/h16-17H,3-14H2,1-2H3. The zero-order chi connectivity index (χ0) is 16.6. The van der Waals surface area contributed by atoms with Crippen LogP contribution < -0.4 is 0 Å². The molecule has 0 fully saturated rings. The number of carbonyl (C=O) groups excluding carboxylic acids is 1. The first-order valence-electron chi connectivity index (χ1n) is 8.74. The third-order valence-electron chi connectivity index (χ3n) is 4.00. The first kappa shape index (κ1) is 21.7. The van der Waals surface area contributed by atoms with Gasteiger partial charge >= 0.3 is 5.97 Å². The number of ether oxygens (including phenoxy) is 1. The fourth-order valence-corrected chi connectivity index (χ4v) is 3.61. The number of esters is 1. The van der Waals surface area contributed by atoms with E-state index in [1.807, 2.05) is 0 Å². The van der Waals surface area contributed by atoms with Gasteiger partial charge in [-0.1, -0.05) is 74.5 Å². The molecule has 0 saturated heterocycles. The monoisotopic (exact) mass is 421 g/mol. The minimum atomic E-state index is -0.0946. The predicted octanol–water partition coefficient (Wildman–Crippen LogP) is 5.80. The molecular weight excluding hydrogens is 389 g/mol. The van der Waals surface area contributed by atoms with E-state index in [2.05, 4.69) is 40.3 Å². The minimum absolute atomic E-state index is 0.0946. The van der Waals surface area contributed by atoms with Crippen LogP contribution in [-0.2, 0) is 9.53 Å². The largest absolute Gasteiger partial charge is 0.469 e. The molecule has 2 unspecified atom stereocenters. The van der Waals surface area contributed by atoms with Crippen molar-refractivity contribution in [3.05, 3.63) is 0 Å². The molecule has 0 amide bonds. The molecule has 3 nitrogen and oxygen atoms in total. The van der Waals surface area contributed by atoms with E-state index in [0.29, 0.717) is 10.3 Å². The van der Waals surface area contributed by atoms with Crippen LogP contribution in [0.15, 0.2) is 0 Å². The average Bonchev–Trinajstić information content (AvgIpc) is 2.53. The topological polar surface area (TPSA) is 50.1 Å². The van der Waals surface area contributed by atoms with Crippen LogP contribution in [0, 0.1) is 17.2 Å². The lowest BCUT2D eigenvalue weighted by molar-refractivity contribution is -0.140. The molecule has 0 heterocycles. The highest BCUT2D eigenvalue weighted by Gasteiger charge is 2.13. The number of halogens is 1. The van der Waals surface area contributed by atoms with Crippen molar-refractivity contribution in [1.29, 1.82) is 5.26 Å². The molecule has 0 rings (SSSR count). The Morgan fingerprint density at radius 3 is 2.32 bits per heavy atom. The summed E-state index contributed by atoms with van der Waals surface area (Å²) in [5, 5.41) is 9.16. The van der Waals surface area contributed by atoms with Gasteiger partial charge in [0.25, 0.3) is 0 Å². The highest BCUT2D eigenvalue weighted by Crippen LogP contribution is 2.23. The Labute approximate surface area is 150 Å². The summed E-state index contributed by atoms with van der Waals surface area (Å²) in [4.78, 5) is 11.0. The Balaban J connectivity index is 3.46. The molecule has 0 aromatic rings. The fourth-order valence-electron chi connectivity index (χ4n) is 2.56. The van der Waals surface area contributed by atoms with Crippen molar-refractivity contribution in [2.45, 2.75) is 87.9 Å². The van der Waals surface area contributed by atoms with Crippen molar-refractivity contribution in [1.82, 2.24) is 0 Å². The van der Waals surface area contributed by atoms with E-state index in [1.165, 1.54) is 52.1 Å². The summed E-state index contributed by atoms with van der Waals surface area (Å²) < 4.78 is 5.26. The average molecular weight is 421 g/mol. The van der Waals surface area contributed by atoms with E-state index >= 15 is 0 Å². The van der Waals surface area contributed by atoms with Gasteiger partial charge in [0, 0.05) is 16.3 Å². The molecule has 128 valence electrons. The van der Waals surface area contributed by atoms with Crippen molar-refractivity contribution >= 4 is 28.6 Å². The number of unbranched alkanes of at least 4 members (excludes halogenated alkanes) is 6. The van der Waals surface area contributed by atoms with Gasteiger partial charge in [0.1, 0.15) is 0 Å². The van der Waals surface area contributed by atoms with Crippen LogP contribution in [0.5, 0.6) is 0 Å². The third-order valence-corrected chi connectivity index (χ3v) is 5.14. The molecule has 22 heavy (non-hydrogen) atoms. The van der Waals surface area contributed by atoms with E-state index in [4.69, 9.17) is 5.26 Å². The van der Waals surface area contributed by atoms with Gasteiger partial charge < -0.3 is 4.74 Å². The normalized spacial score (nSPS) is 13.4. The zero-order valence-electron chi connectivity index (χ0n) is 14.3. The van der Waals surface area contributed by atoms with Crippen LogP contribution in [0.3, 0.4) is 0 Å². The summed E-state index contributed by atoms with van der Waals surface area (Å²) in [6, 6.07) is 2.46. The number of alkyl halides is 1. The quantitative estimate of drug-likeness (QED) is 0.154. The first-order valence-corrected chi connectivity index (χ1v) is 9.99. The Morgan fingerprint density at radius 2 is 1.73 bits per heavy atom. The van der Waals surface area contributed by atoms with Crippen LogP contribution in [0.1, 0.15) is 84.0 Å². The first-order chi connectivity index (χ1) is 10.6. The lowest BCUT2D eigenvalue weighted by atomic mass is 9.96. The van der Waals surface area contributed by atoms with E-state index in [0.717, 1.165) is 25.7 Å². The lowest BCUT2D eigenvalue weighted by Gasteiger charge is -2.13. The summed E-state index contributed by atoms with van der Waals surface area (Å²) in [5.74, 6) is 0.156. The van der Waals surface area contributed by atoms with E-state index in [9.17, 15) is 4.79 Å². The fraction of sp³-hybridized carbons (Fsp3) is 0.889. The minimum Gasteiger partial charge on any atom is -0.469 e. The number of nitrogens with zero attached hydrogens (tertiary/aromatic N) is 1. The zero-order valence-corrected chi connectivity index (χ0v) is 16.4. The number of nitriles is 1. The Bertz CT molecular complexity index is 315. The lowest BCUT2D eigenvalue weighted by Crippen LogP contribution is -2.07. The molecule has 2 atom stereocenters. The Kier molecular flexibility index (Phi) is 15.4. The maximum Gasteiger partial charge on any atom is 0.305 e. The predicted molar refractivity (Wildman–Crippen MR) is 100 cm³/mol. The molecule has 0 spiro atoms. The van der Waals surface area contributed by atoms with Gasteiger partial charge in [-0.3, -0.25) is 4.79 Å². The van der Waals surface area contributed by atoms with E-state index in [1.54, 1.807) is 0 Å². The molecule has 0 bridgehead atoms. The molecule has 0 saturated carbocycles. The van der Waals surface area contributed by atoms with Crippen LogP contribution in [0.25, 0.3) is 0 Å². The molecule has 0 aliphatic rings. The van der Waals surface area contributed by atoms with E-state index < -0.39 is 0 Å². The number of rotatable bonds is 14. The third kappa shape index (κ3) is 13.4. The molecule has 0 N–H and O–H groups in total. The molecule has 0 aliphatic carbocycles. The summed E-state index contributed by atoms with van der Waals surface area (Å²) in [6.07, 6.45) is 13.3. The van der Waals surface area contributed by atoms with Crippen LogP contribution in [0.4, 0.5) is 0 Å². The second-order valence-electron chi connectivity index (χ2n) is 6.04. The maximum atomic E-state index is 11.0. The van der Waals surface area contributed by atoms with Crippen molar-refractivity contribution < 1.29 is 9.53 Å². The molecule has 0 aromatic heterocycles.